The van der Waals surface area contributed by atoms with E-state index in [9.17, 15) is 0 Å². The summed E-state index contributed by atoms with van der Waals surface area (Å²) in [5.74, 6) is 3.47. The van der Waals surface area contributed by atoms with Crippen molar-refractivity contribution in [2.45, 2.75) is 39.5 Å². The van der Waals surface area contributed by atoms with Crippen molar-refractivity contribution < 1.29 is 0 Å². The Kier molecular flexibility index (Phi) is 3.81. The Labute approximate surface area is 82.3 Å². The summed E-state index contributed by atoms with van der Waals surface area (Å²) in [5.41, 5.74) is 0.586. The van der Waals surface area contributed by atoms with Crippen molar-refractivity contribution >= 4 is 0 Å². The van der Waals surface area contributed by atoms with Crippen LogP contribution in [0.1, 0.15) is 39.5 Å². The van der Waals surface area contributed by atoms with Gasteiger partial charge in [-0.1, -0.05) is 19.8 Å². The summed E-state index contributed by atoms with van der Waals surface area (Å²) in [6, 6.07) is 0. The third-order valence-corrected chi connectivity index (χ3v) is 3.12. The van der Waals surface area contributed by atoms with Gasteiger partial charge in [0.25, 0.3) is 0 Å². The van der Waals surface area contributed by atoms with E-state index in [1.165, 1.54) is 25.7 Å². The first-order chi connectivity index (χ1) is 6.14. The highest BCUT2D eigenvalue weighted by molar-refractivity contribution is 4.87. The topological polar surface area (TPSA) is 12.0 Å². The Balaban J connectivity index is 2.15. The molecule has 1 nitrogen and oxygen atoms in total. The fraction of sp³-hybridized carbons (Fsp3) is 0.833. The van der Waals surface area contributed by atoms with Gasteiger partial charge in [0.05, 0.1) is 6.54 Å². The minimum absolute atomic E-state index is 0.586. The minimum Gasteiger partial charge on any atom is -0.306 e. The molecule has 1 fully saturated rings. The Morgan fingerprint density at radius 3 is 2.54 bits per heavy atom. The number of nitrogens with one attached hydrogen (secondary N) is 1. The molecule has 0 radical (unpaired) electrons. The van der Waals surface area contributed by atoms with Crippen LogP contribution in [0.25, 0.3) is 0 Å². The van der Waals surface area contributed by atoms with Crippen molar-refractivity contribution in [3.8, 4) is 12.3 Å². The summed E-state index contributed by atoms with van der Waals surface area (Å²) in [5, 5.41) is 3.30. The number of hydrogen-bond acceptors (Lipinski definition) is 1. The third-order valence-electron chi connectivity index (χ3n) is 3.12. The van der Waals surface area contributed by atoms with Crippen molar-refractivity contribution in [2.24, 2.45) is 11.3 Å². The summed E-state index contributed by atoms with van der Waals surface area (Å²) in [4.78, 5) is 0. The average Bonchev–Trinajstić information content (AvgIpc) is 2.08. The molecule has 0 amide bonds. The van der Waals surface area contributed by atoms with Gasteiger partial charge in [0, 0.05) is 0 Å². The summed E-state index contributed by atoms with van der Waals surface area (Å²) >= 11 is 0. The van der Waals surface area contributed by atoms with E-state index in [-0.39, 0.29) is 0 Å². The largest absolute Gasteiger partial charge is 0.306 e. The summed E-state index contributed by atoms with van der Waals surface area (Å²) in [7, 11) is 0. The molecule has 0 spiro atoms. The first-order valence-corrected chi connectivity index (χ1v) is 5.28. The summed E-state index contributed by atoms with van der Waals surface area (Å²) in [6.07, 6.45) is 10.6. The molecule has 1 saturated carbocycles. The lowest BCUT2D eigenvalue weighted by Crippen LogP contribution is -2.29. The normalized spacial score (nSPS) is 22.5. The van der Waals surface area contributed by atoms with Crippen LogP contribution < -0.4 is 5.32 Å². The average molecular weight is 179 g/mol. The van der Waals surface area contributed by atoms with Crippen molar-refractivity contribution in [2.75, 3.05) is 13.1 Å². The monoisotopic (exact) mass is 179 g/mol. The van der Waals surface area contributed by atoms with E-state index in [4.69, 9.17) is 6.42 Å². The molecule has 1 N–H and O–H groups in total. The molecule has 0 heterocycles. The Morgan fingerprint density at radius 2 is 2.00 bits per heavy atom. The first-order valence-electron chi connectivity index (χ1n) is 5.28. The second-order valence-electron chi connectivity index (χ2n) is 4.94. The van der Waals surface area contributed by atoms with Crippen LogP contribution in [0.15, 0.2) is 0 Å². The molecule has 0 unspecified atom stereocenters. The highest BCUT2D eigenvalue weighted by atomic mass is 14.8. The lowest BCUT2D eigenvalue weighted by atomic mass is 9.73. The molecule has 1 rings (SSSR count). The quantitative estimate of drug-likeness (QED) is 0.518. The molecular formula is C12H21N. The highest BCUT2D eigenvalue weighted by Crippen LogP contribution is 2.37. The van der Waals surface area contributed by atoms with Gasteiger partial charge in [-0.25, -0.2) is 0 Å². The fourth-order valence-corrected chi connectivity index (χ4v) is 2.01. The van der Waals surface area contributed by atoms with Crippen LogP contribution >= 0.6 is 0 Å². The number of rotatable bonds is 3. The lowest BCUT2D eigenvalue weighted by Gasteiger charge is -2.34. The molecule has 1 heteroatoms. The maximum absolute atomic E-state index is 5.17. The standard InChI is InChI=1S/C12H21N/c1-4-9-13-10-11-5-7-12(2,3)8-6-11/h1,11,13H,5-10H2,2-3H3. The van der Waals surface area contributed by atoms with E-state index in [1.807, 2.05) is 0 Å². The van der Waals surface area contributed by atoms with Gasteiger partial charge in [-0.05, 0) is 43.6 Å². The molecule has 0 aromatic heterocycles. The molecule has 13 heavy (non-hydrogen) atoms. The van der Waals surface area contributed by atoms with E-state index >= 15 is 0 Å². The van der Waals surface area contributed by atoms with E-state index in [0.29, 0.717) is 5.41 Å². The van der Waals surface area contributed by atoms with Crippen LogP contribution in [0.3, 0.4) is 0 Å². The van der Waals surface area contributed by atoms with Gasteiger partial charge in [0.15, 0.2) is 0 Å². The van der Waals surface area contributed by atoms with Gasteiger partial charge < -0.3 is 5.32 Å². The van der Waals surface area contributed by atoms with Crippen LogP contribution in [0.5, 0.6) is 0 Å². The molecule has 74 valence electrons. The molecule has 0 aromatic carbocycles. The van der Waals surface area contributed by atoms with E-state index in [0.717, 1.165) is 19.0 Å². The number of hydrogen-bond donors (Lipinski definition) is 1. The van der Waals surface area contributed by atoms with Crippen molar-refractivity contribution in [3.05, 3.63) is 0 Å². The molecular weight excluding hydrogens is 158 g/mol. The Hall–Kier alpha value is -0.480. The SMILES string of the molecule is C#CCNCC1CCC(C)(C)CC1. The fourth-order valence-electron chi connectivity index (χ4n) is 2.01. The zero-order chi connectivity index (χ0) is 9.73. The van der Waals surface area contributed by atoms with Crippen LogP contribution in [0, 0.1) is 23.7 Å². The van der Waals surface area contributed by atoms with E-state index in [1.54, 1.807) is 0 Å². The highest BCUT2D eigenvalue weighted by Gasteiger charge is 2.26. The van der Waals surface area contributed by atoms with Crippen LogP contribution in [-0.4, -0.2) is 13.1 Å². The van der Waals surface area contributed by atoms with Crippen LogP contribution in [0.4, 0.5) is 0 Å². The first kappa shape index (κ1) is 10.6. The minimum atomic E-state index is 0.586. The van der Waals surface area contributed by atoms with E-state index in [2.05, 4.69) is 25.1 Å². The number of terminal acetylenes is 1. The lowest BCUT2D eigenvalue weighted by molar-refractivity contribution is 0.190. The summed E-state index contributed by atoms with van der Waals surface area (Å²) in [6.45, 7) is 6.58. The maximum Gasteiger partial charge on any atom is 0.0573 e. The molecule has 0 aromatic rings. The predicted molar refractivity (Wildman–Crippen MR) is 57.4 cm³/mol. The molecule has 0 atom stereocenters. The van der Waals surface area contributed by atoms with Crippen molar-refractivity contribution in [1.29, 1.82) is 0 Å². The zero-order valence-electron chi connectivity index (χ0n) is 8.90. The maximum atomic E-state index is 5.17. The van der Waals surface area contributed by atoms with Crippen LogP contribution in [-0.2, 0) is 0 Å². The van der Waals surface area contributed by atoms with Crippen molar-refractivity contribution in [1.82, 2.24) is 5.32 Å². The molecule has 1 aliphatic carbocycles. The Bertz CT molecular complexity index is 178. The molecule has 1 aliphatic rings. The zero-order valence-corrected chi connectivity index (χ0v) is 8.90. The van der Waals surface area contributed by atoms with Crippen LogP contribution in [0.2, 0.25) is 0 Å². The van der Waals surface area contributed by atoms with Gasteiger partial charge in [0.1, 0.15) is 0 Å². The van der Waals surface area contributed by atoms with Gasteiger partial charge in [-0.15, -0.1) is 6.42 Å². The second-order valence-corrected chi connectivity index (χ2v) is 4.94. The Morgan fingerprint density at radius 1 is 1.38 bits per heavy atom. The molecule has 0 bridgehead atoms. The summed E-state index contributed by atoms with van der Waals surface area (Å²) < 4.78 is 0. The van der Waals surface area contributed by atoms with Gasteiger partial charge in [-0.2, -0.15) is 0 Å². The van der Waals surface area contributed by atoms with Gasteiger partial charge in [-0.3, -0.25) is 0 Å². The molecule has 0 saturated heterocycles. The van der Waals surface area contributed by atoms with Crippen molar-refractivity contribution in [3.63, 3.8) is 0 Å². The van der Waals surface area contributed by atoms with Gasteiger partial charge in [0.2, 0.25) is 0 Å². The smallest absolute Gasteiger partial charge is 0.0573 e. The second kappa shape index (κ2) is 4.67. The predicted octanol–water partition coefficient (Wildman–Crippen LogP) is 2.43. The van der Waals surface area contributed by atoms with Gasteiger partial charge >= 0.3 is 0 Å². The molecule has 0 aliphatic heterocycles. The van der Waals surface area contributed by atoms with E-state index < -0.39 is 0 Å². The third kappa shape index (κ3) is 3.83.